The van der Waals surface area contributed by atoms with Gasteiger partial charge >= 0.3 is 5.97 Å². The van der Waals surface area contributed by atoms with Crippen molar-refractivity contribution >= 4 is 5.97 Å². The second kappa shape index (κ2) is 6.94. The zero-order chi connectivity index (χ0) is 12.7. The van der Waals surface area contributed by atoms with Crippen LogP contribution in [0, 0.1) is 11.8 Å². The minimum atomic E-state index is -0.199. The first-order chi connectivity index (χ1) is 8.13. The average molecular weight is 236 g/mol. The Morgan fingerprint density at radius 1 is 1.24 bits per heavy atom. The van der Waals surface area contributed by atoms with Crippen LogP contribution in [0.5, 0.6) is 5.75 Å². The van der Waals surface area contributed by atoms with E-state index in [1.165, 1.54) is 7.11 Å². The van der Waals surface area contributed by atoms with Gasteiger partial charge in [-0.25, -0.2) is 0 Å². The van der Waals surface area contributed by atoms with Crippen LogP contribution in [0.1, 0.15) is 20.3 Å². The van der Waals surface area contributed by atoms with Crippen molar-refractivity contribution < 1.29 is 14.3 Å². The Morgan fingerprint density at radius 2 is 1.88 bits per heavy atom. The van der Waals surface area contributed by atoms with E-state index in [0.29, 0.717) is 12.5 Å². The number of ether oxygens (including phenoxy) is 2. The summed E-state index contributed by atoms with van der Waals surface area (Å²) in [4.78, 5) is 11.6. The lowest BCUT2D eigenvalue weighted by atomic mass is 9.98. The molecule has 0 radical (unpaired) electrons. The van der Waals surface area contributed by atoms with Crippen LogP contribution in [0.3, 0.4) is 0 Å². The molecule has 0 saturated carbocycles. The Morgan fingerprint density at radius 3 is 2.41 bits per heavy atom. The second-order valence-electron chi connectivity index (χ2n) is 4.47. The molecule has 1 unspecified atom stereocenters. The predicted octanol–water partition coefficient (Wildman–Crippen LogP) is 2.90. The molecular weight excluding hydrogens is 216 g/mol. The third kappa shape index (κ3) is 4.89. The molecule has 3 heteroatoms. The van der Waals surface area contributed by atoms with Crippen molar-refractivity contribution in [3.8, 4) is 5.75 Å². The van der Waals surface area contributed by atoms with E-state index in [1.807, 2.05) is 30.3 Å². The molecule has 1 aromatic carbocycles. The molecule has 1 aromatic rings. The highest BCUT2D eigenvalue weighted by Gasteiger charge is 2.21. The first-order valence-electron chi connectivity index (χ1n) is 5.89. The Hall–Kier alpha value is -1.51. The molecule has 1 rings (SSSR count). The van der Waals surface area contributed by atoms with Crippen LogP contribution in [0.4, 0.5) is 0 Å². The number of benzene rings is 1. The van der Waals surface area contributed by atoms with E-state index >= 15 is 0 Å². The van der Waals surface area contributed by atoms with Gasteiger partial charge in [-0.2, -0.15) is 0 Å². The summed E-state index contributed by atoms with van der Waals surface area (Å²) in [5.41, 5.74) is 0. The SMILES string of the molecule is COC(=O)C(COc1ccccc1)CC(C)C. The van der Waals surface area contributed by atoms with Gasteiger partial charge < -0.3 is 9.47 Å². The van der Waals surface area contributed by atoms with Crippen LogP contribution < -0.4 is 4.74 Å². The molecule has 0 aromatic heterocycles. The predicted molar refractivity (Wildman–Crippen MR) is 66.9 cm³/mol. The standard InChI is InChI=1S/C14H20O3/c1-11(2)9-12(14(15)16-3)10-17-13-7-5-4-6-8-13/h4-8,11-12H,9-10H2,1-3H3. The van der Waals surface area contributed by atoms with Crippen molar-refractivity contribution in [2.75, 3.05) is 13.7 Å². The van der Waals surface area contributed by atoms with Crippen molar-refractivity contribution in [1.82, 2.24) is 0 Å². The number of rotatable bonds is 6. The monoisotopic (exact) mass is 236 g/mol. The van der Waals surface area contributed by atoms with Gasteiger partial charge in [0.2, 0.25) is 0 Å². The molecule has 94 valence electrons. The molecule has 0 aliphatic rings. The summed E-state index contributed by atoms with van der Waals surface area (Å²) in [6.07, 6.45) is 0.777. The summed E-state index contributed by atoms with van der Waals surface area (Å²) in [6.45, 7) is 4.53. The Bertz CT molecular complexity index is 333. The van der Waals surface area contributed by atoms with Crippen LogP contribution in [-0.4, -0.2) is 19.7 Å². The molecule has 0 saturated heterocycles. The maximum absolute atomic E-state index is 11.6. The summed E-state index contributed by atoms with van der Waals surface area (Å²) < 4.78 is 10.4. The fourth-order valence-corrected chi connectivity index (χ4v) is 1.68. The number of hydrogen-bond acceptors (Lipinski definition) is 3. The summed E-state index contributed by atoms with van der Waals surface area (Å²) >= 11 is 0. The van der Waals surface area contributed by atoms with E-state index < -0.39 is 0 Å². The van der Waals surface area contributed by atoms with Gasteiger partial charge in [-0.15, -0.1) is 0 Å². The number of carbonyl (C=O) groups excluding carboxylic acids is 1. The normalized spacial score (nSPS) is 12.2. The highest BCUT2D eigenvalue weighted by atomic mass is 16.5. The molecule has 0 aliphatic heterocycles. The third-order valence-electron chi connectivity index (χ3n) is 2.48. The van der Waals surface area contributed by atoms with Gasteiger partial charge in [-0.05, 0) is 24.5 Å². The highest BCUT2D eigenvalue weighted by molar-refractivity contribution is 5.72. The third-order valence-corrected chi connectivity index (χ3v) is 2.48. The lowest BCUT2D eigenvalue weighted by Crippen LogP contribution is -2.24. The number of methoxy groups -OCH3 is 1. The molecule has 0 bridgehead atoms. The minimum absolute atomic E-state index is 0.194. The minimum Gasteiger partial charge on any atom is -0.493 e. The van der Waals surface area contributed by atoms with Crippen molar-refractivity contribution in [3.63, 3.8) is 0 Å². The molecule has 3 nitrogen and oxygen atoms in total. The van der Waals surface area contributed by atoms with Crippen LogP contribution in [0.25, 0.3) is 0 Å². The van der Waals surface area contributed by atoms with E-state index in [1.54, 1.807) is 0 Å². The number of para-hydroxylation sites is 1. The molecule has 0 N–H and O–H groups in total. The van der Waals surface area contributed by atoms with Gasteiger partial charge in [-0.1, -0.05) is 32.0 Å². The van der Waals surface area contributed by atoms with Crippen LogP contribution in [0.2, 0.25) is 0 Å². The molecule has 0 heterocycles. The van der Waals surface area contributed by atoms with Crippen LogP contribution in [-0.2, 0) is 9.53 Å². The zero-order valence-electron chi connectivity index (χ0n) is 10.7. The van der Waals surface area contributed by atoms with E-state index in [9.17, 15) is 4.79 Å². The Labute approximate surface area is 103 Å². The topological polar surface area (TPSA) is 35.5 Å². The fourth-order valence-electron chi connectivity index (χ4n) is 1.68. The van der Waals surface area contributed by atoms with Gasteiger partial charge in [0.15, 0.2) is 0 Å². The van der Waals surface area contributed by atoms with E-state index in [2.05, 4.69) is 13.8 Å². The van der Waals surface area contributed by atoms with Crippen molar-refractivity contribution in [2.45, 2.75) is 20.3 Å². The molecule has 0 amide bonds. The van der Waals surface area contributed by atoms with Gasteiger partial charge in [0, 0.05) is 0 Å². The summed E-state index contributed by atoms with van der Waals surface area (Å²) in [6, 6.07) is 9.50. The lowest BCUT2D eigenvalue weighted by molar-refractivity contribution is -0.147. The maximum Gasteiger partial charge on any atom is 0.312 e. The molecule has 0 aliphatic carbocycles. The van der Waals surface area contributed by atoms with Gasteiger partial charge in [0.1, 0.15) is 12.4 Å². The number of hydrogen-bond donors (Lipinski definition) is 0. The summed E-state index contributed by atoms with van der Waals surface area (Å²) in [7, 11) is 1.41. The average Bonchev–Trinajstić information content (AvgIpc) is 2.34. The first kappa shape index (κ1) is 13.6. The largest absolute Gasteiger partial charge is 0.493 e. The quantitative estimate of drug-likeness (QED) is 0.712. The van der Waals surface area contributed by atoms with E-state index in [4.69, 9.17) is 9.47 Å². The van der Waals surface area contributed by atoms with Crippen molar-refractivity contribution in [2.24, 2.45) is 11.8 Å². The molecule has 1 atom stereocenters. The Kier molecular flexibility index (Phi) is 5.53. The van der Waals surface area contributed by atoms with Crippen molar-refractivity contribution in [3.05, 3.63) is 30.3 Å². The molecule has 0 spiro atoms. The maximum atomic E-state index is 11.6. The number of esters is 1. The van der Waals surface area contributed by atoms with Crippen molar-refractivity contribution in [1.29, 1.82) is 0 Å². The molecule has 0 fully saturated rings. The van der Waals surface area contributed by atoms with Crippen LogP contribution >= 0.6 is 0 Å². The van der Waals surface area contributed by atoms with Gasteiger partial charge in [0.05, 0.1) is 13.0 Å². The number of carbonyl (C=O) groups is 1. The van der Waals surface area contributed by atoms with Gasteiger partial charge in [-0.3, -0.25) is 4.79 Å². The fraction of sp³-hybridized carbons (Fsp3) is 0.500. The first-order valence-corrected chi connectivity index (χ1v) is 5.89. The molecule has 17 heavy (non-hydrogen) atoms. The summed E-state index contributed by atoms with van der Waals surface area (Å²) in [5.74, 6) is 0.832. The van der Waals surface area contributed by atoms with E-state index in [-0.39, 0.29) is 11.9 Å². The summed E-state index contributed by atoms with van der Waals surface area (Å²) in [5, 5.41) is 0. The smallest absolute Gasteiger partial charge is 0.312 e. The second-order valence-corrected chi connectivity index (χ2v) is 4.47. The zero-order valence-corrected chi connectivity index (χ0v) is 10.7. The lowest BCUT2D eigenvalue weighted by Gasteiger charge is -2.17. The molecular formula is C14H20O3. The Balaban J connectivity index is 2.52. The van der Waals surface area contributed by atoms with Crippen LogP contribution in [0.15, 0.2) is 30.3 Å². The van der Waals surface area contributed by atoms with E-state index in [0.717, 1.165) is 12.2 Å². The highest BCUT2D eigenvalue weighted by Crippen LogP contribution is 2.16. The van der Waals surface area contributed by atoms with Gasteiger partial charge in [0.25, 0.3) is 0 Å².